The van der Waals surface area contributed by atoms with Crippen molar-refractivity contribution in [3.8, 4) is 0 Å². The van der Waals surface area contributed by atoms with Gasteiger partial charge in [-0.15, -0.1) is 11.8 Å². The number of thioether (sulfide) groups is 1. The Labute approximate surface area is 151 Å². The molecule has 0 saturated heterocycles. The summed E-state index contributed by atoms with van der Waals surface area (Å²) in [5.74, 6) is -5.71. The van der Waals surface area contributed by atoms with Crippen LogP contribution in [-0.2, 0) is 24.0 Å². The first-order valence-electron chi connectivity index (χ1n) is 6.80. The Morgan fingerprint density at radius 3 is 2.16 bits per heavy atom. The van der Waals surface area contributed by atoms with Crippen LogP contribution in [0, 0.1) is 0 Å². The van der Waals surface area contributed by atoms with Crippen LogP contribution in [0.3, 0.4) is 0 Å². The second-order valence-corrected chi connectivity index (χ2v) is 6.54. The predicted octanol–water partition coefficient (Wildman–Crippen LogP) is -1.75. The molecule has 0 heterocycles. The Kier molecular flexibility index (Phi) is 10.6. The molecule has 0 aromatic rings. The van der Waals surface area contributed by atoms with Gasteiger partial charge in [-0.05, 0) is 6.42 Å². The van der Waals surface area contributed by atoms with Gasteiger partial charge in [0.05, 0.1) is 0 Å². The molecule has 1 unspecified atom stereocenters. The molecule has 0 fully saturated rings. The molecule has 3 atom stereocenters. The summed E-state index contributed by atoms with van der Waals surface area (Å²) in [5, 5.41) is 30.2. The van der Waals surface area contributed by atoms with E-state index >= 15 is 0 Å². The highest BCUT2D eigenvalue weighted by atomic mass is 35.5. The standard InChI is InChI=1S/C12H18ClN3O8S/c13-9(12(23)24)25-4-6(10(20)15-3-8(18)19)16-7(17)2-1-5(14)11(21)22/h5-6,9H,1-4,14H2,(H,15,20)(H,16,17)(H,18,19)(H,21,22)(H,23,24)/t5-,6-,9?/m0/s1. The van der Waals surface area contributed by atoms with Crippen molar-refractivity contribution in [1.82, 2.24) is 10.6 Å². The van der Waals surface area contributed by atoms with Crippen molar-refractivity contribution in [3.05, 3.63) is 0 Å². The monoisotopic (exact) mass is 399 g/mol. The Morgan fingerprint density at radius 1 is 1.08 bits per heavy atom. The lowest BCUT2D eigenvalue weighted by Gasteiger charge is -2.18. The number of hydrogen-bond donors (Lipinski definition) is 6. The van der Waals surface area contributed by atoms with Gasteiger partial charge in [0.15, 0.2) is 4.71 Å². The quantitative estimate of drug-likeness (QED) is 0.204. The second kappa shape index (κ2) is 11.5. The number of carboxylic acids is 3. The smallest absolute Gasteiger partial charge is 0.331 e. The van der Waals surface area contributed by atoms with Crippen LogP contribution >= 0.6 is 23.4 Å². The number of halogens is 1. The minimum Gasteiger partial charge on any atom is -0.480 e. The minimum atomic E-state index is -1.37. The van der Waals surface area contributed by atoms with Gasteiger partial charge in [-0.25, -0.2) is 4.79 Å². The van der Waals surface area contributed by atoms with Crippen molar-refractivity contribution >= 4 is 53.1 Å². The van der Waals surface area contributed by atoms with E-state index in [1.54, 1.807) is 0 Å². The van der Waals surface area contributed by atoms with Crippen molar-refractivity contribution < 1.29 is 39.3 Å². The summed E-state index contributed by atoms with van der Waals surface area (Å²) >= 11 is 6.16. The largest absolute Gasteiger partial charge is 0.480 e. The summed E-state index contributed by atoms with van der Waals surface area (Å²) < 4.78 is -1.37. The molecule has 0 saturated carbocycles. The van der Waals surface area contributed by atoms with Gasteiger partial charge in [-0.3, -0.25) is 19.2 Å². The third kappa shape index (κ3) is 10.4. The molecule has 0 aliphatic rings. The summed E-state index contributed by atoms with van der Waals surface area (Å²) in [6.45, 7) is -0.691. The average Bonchev–Trinajstić information content (AvgIpc) is 2.53. The van der Waals surface area contributed by atoms with E-state index in [1.807, 2.05) is 5.32 Å². The third-order valence-corrected chi connectivity index (χ3v) is 4.25. The molecule has 11 nitrogen and oxygen atoms in total. The zero-order chi connectivity index (χ0) is 19.6. The maximum atomic E-state index is 11.9. The van der Waals surface area contributed by atoms with Crippen molar-refractivity contribution in [2.75, 3.05) is 12.3 Å². The Hall–Kier alpha value is -2.05. The molecular formula is C12H18ClN3O8S. The number of nitrogens with one attached hydrogen (secondary N) is 2. The Morgan fingerprint density at radius 2 is 1.68 bits per heavy atom. The third-order valence-electron chi connectivity index (χ3n) is 2.67. The fraction of sp³-hybridized carbons (Fsp3) is 0.583. The molecule has 13 heteroatoms. The van der Waals surface area contributed by atoms with Crippen LogP contribution in [0.5, 0.6) is 0 Å². The number of carbonyl (C=O) groups excluding carboxylic acids is 2. The van der Waals surface area contributed by atoms with Gasteiger partial charge in [0.25, 0.3) is 0 Å². The van der Waals surface area contributed by atoms with E-state index in [1.165, 1.54) is 0 Å². The fourth-order valence-electron chi connectivity index (χ4n) is 1.40. The average molecular weight is 400 g/mol. The number of carbonyl (C=O) groups is 5. The summed E-state index contributed by atoms with van der Waals surface area (Å²) in [6, 6.07) is -2.50. The Bertz CT molecular complexity index is 532. The van der Waals surface area contributed by atoms with Crippen LogP contribution in [0.15, 0.2) is 0 Å². The topological polar surface area (TPSA) is 196 Å². The molecule has 0 aliphatic carbocycles. The van der Waals surface area contributed by atoms with E-state index in [9.17, 15) is 24.0 Å². The number of carboxylic acid groups (broad SMARTS) is 3. The lowest BCUT2D eigenvalue weighted by Crippen LogP contribution is -2.49. The molecule has 0 rings (SSSR count). The van der Waals surface area contributed by atoms with Gasteiger partial charge in [-0.2, -0.15) is 0 Å². The van der Waals surface area contributed by atoms with Crippen LogP contribution in [0.4, 0.5) is 0 Å². The zero-order valence-corrected chi connectivity index (χ0v) is 14.4. The number of nitrogens with two attached hydrogens (primary N) is 1. The van der Waals surface area contributed by atoms with Crippen molar-refractivity contribution in [2.24, 2.45) is 5.73 Å². The lowest BCUT2D eigenvalue weighted by atomic mass is 10.1. The highest BCUT2D eigenvalue weighted by molar-refractivity contribution is 8.01. The van der Waals surface area contributed by atoms with Crippen molar-refractivity contribution in [1.29, 1.82) is 0 Å². The normalized spacial score (nSPS) is 14.0. The number of alkyl halides is 1. The van der Waals surface area contributed by atoms with Crippen molar-refractivity contribution in [2.45, 2.75) is 29.6 Å². The highest BCUT2D eigenvalue weighted by Crippen LogP contribution is 2.16. The minimum absolute atomic E-state index is 0.176. The summed E-state index contributed by atoms with van der Waals surface area (Å²) in [7, 11) is 0. The number of amides is 2. The molecule has 0 aliphatic heterocycles. The van der Waals surface area contributed by atoms with Gasteiger partial charge in [0.1, 0.15) is 18.6 Å². The summed E-state index contributed by atoms with van der Waals surface area (Å²) in [5.41, 5.74) is 5.26. The molecule has 0 bridgehead atoms. The van der Waals surface area contributed by atoms with E-state index < -0.39 is 53.1 Å². The second-order valence-electron chi connectivity index (χ2n) is 4.70. The van der Waals surface area contributed by atoms with Gasteiger partial charge in [0, 0.05) is 12.2 Å². The van der Waals surface area contributed by atoms with E-state index in [2.05, 4.69) is 5.32 Å². The molecule has 2 amide bonds. The molecular weight excluding hydrogens is 382 g/mol. The van der Waals surface area contributed by atoms with Gasteiger partial charge >= 0.3 is 17.9 Å². The molecule has 25 heavy (non-hydrogen) atoms. The molecule has 0 aromatic heterocycles. The van der Waals surface area contributed by atoms with Gasteiger partial charge < -0.3 is 31.7 Å². The van der Waals surface area contributed by atoms with E-state index in [0.717, 1.165) is 0 Å². The van der Waals surface area contributed by atoms with Crippen LogP contribution in [0.1, 0.15) is 12.8 Å². The molecule has 0 spiro atoms. The van der Waals surface area contributed by atoms with Crippen LogP contribution in [0.25, 0.3) is 0 Å². The number of rotatable bonds is 12. The van der Waals surface area contributed by atoms with Crippen LogP contribution < -0.4 is 16.4 Å². The van der Waals surface area contributed by atoms with E-state index in [-0.39, 0.29) is 18.6 Å². The van der Waals surface area contributed by atoms with Crippen LogP contribution in [-0.4, -0.2) is 74.1 Å². The first-order valence-corrected chi connectivity index (χ1v) is 8.28. The summed E-state index contributed by atoms with van der Waals surface area (Å²) in [4.78, 5) is 55.4. The van der Waals surface area contributed by atoms with Gasteiger partial charge in [-0.1, -0.05) is 11.6 Å². The summed E-state index contributed by atoms with van der Waals surface area (Å²) in [6.07, 6.45) is -0.463. The molecule has 0 aromatic carbocycles. The Balaban J connectivity index is 4.72. The first-order chi connectivity index (χ1) is 11.5. The lowest BCUT2D eigenvalue weighted by molar-refractivity contribution is -0.139. The van der Waals surface area contributed by atoms with Crippen LogP contribution in [0.2, 0.25) is 0 Å². The fourth-order valence-corrected chi connectivity index (χ4v) is 2.35. The highest BCUT2D eigenvalue weighted by Gasteiger charge is 2.25. The van der Waals surface area contributed by atoms with E-state index in [0.29, 0.717) is 11.8 Å². The maximum absolute atomic E-state index is 11.9. The maximum Gasteiger partial charge on any atom is 0.331 e. The molecule has 142 valence electrons. The molecule has 0 radical (unpaired) electrons. The predicted molar refractivity (Wildman–Crippen MR) is 87.2 cm³/mol. The van der Waals surface area contributed by atoms with E-state index in [4.69, 9.17) is 32.7 Å². The number of aliphatic carboxylic acids is 3. The number of hydrogen-bond acceptors (Lipinski definition) is 7. The van der Waals surface area contributed by atoms with Crippen molar-refractivity contribution in [3.63, 3.8) is 0 Å². The zero-order valence-electron chi connectivity index (χ0n) is 12.8. The first kappa shape index (κ1) is 22.9. The van der Waals surface area contributed by atoms with Gasteiger partial charge in [0.2, 0.25) is 11.8 Å². The molecule has 7 N–H and O–H groups in total. The SMILES string of the molecule is N[C@@H](CCC(=O)N[C@@H](CSC(Cl)C(=O)O)C(=O)NCC(=O)O)C(=O)O.